The summed E-state index contributed by atoms with van der Waals surface area (Å²) < 4.78 is 32.5. The number of ether oxygens (including phenoxy) is 1. The second-order valence-electron chi connectivity index (χ2n) is 9.18. The predicted molar refractivity (Wildman–Crippen MR) is 131 cm³/mol. The lowest BCUT2D eigenvalue weighted by molar-refractivity contribution is -0.126. The van der Waals surface area contributed by atoms with Gasteiger partial charge in [0.2, 0.25) is 21.8 Å². The van der Waals surface area contributed by atoms with E-state index in [2.05, 4.69) is 10.6 Å². The molecule has 190 valence electrons. The van der Waals surface area contributed by atoms with Gasteiger partial charge in [0, 0.05) is 45.0 Å². The minimum absolute atomic E-state index is 0.0271. The highest BCUT2D eigenvalue weighted by Gasteiger charge is 2.28. The van der Waals surface area contributed by atoms with Crippen LogP contribution in [0.5, 0.6) is 0 Å². The molecule has 2 amide bonds. The third kappa shape index (κ3) is 7.24. The standard InChI is InChI=1S/C24H38N4O5S/c1-19-7-8-21(34(31,32)28-12-4-3-5-13-28)17-22(19)26-23(29)18-27-14-9-20(10-15-27)24(30)25-11-6-16-33-2/h7-8,17,20H,3-6,9-16,18H2,1-2H3,(H,25,30)(H,26,29). The normalized spacial score (nSPS) is 18.5. The van der Waals surface area contributed by atoms with Gasteiger partial charge in [-0.05, 0) is 69.8 Å². The Morgan fingerprint density at radius 3 is 2.47 bits per heavy atom. The van der Waals surface area contributed by atoms with E-state index < -0.39 is 10.0 Å². The van der Waals surface area contributed by atoms with E-state index in [9.17, 15) is 18.0 Å². The number of nitrogens with zero attached hydrogens (tertiary/aromatic N) is 2. The smallest absolute Gasteiger partial charge is 0.243 e. The summed E-state index contributed by atoms with van der Waals surface area (Å²) in [7, 11) is -1.92. The number of rotatable bonds is 10. The van der Waals surface area contributed by atoms with Gasteiger partial charge in [-0.25, -0.2) is 8.42 Å². The Labute approximate surface area is 203 Å². The minimum Gasteiger partial charge on any atom is -0.385 e. The van der Waals surface area contributed by atoms with Crippen LogP contribution in [0, 0.1) is 12.8 Å². The van der Waals surface area contributed by atoms with Gasteiger partial charge in [0.25, 0.3) is 0 Å². The summed E-state index contributed by atoms with van der Waals surface area (Å²) in [6.45, 7) is 5.73. The van der Waals surface area contributed by atoms with Crippen molar-refractivity contribution in [1.82, 2.24) is 14.5 Å². The predicted octanol–water partition coefficient (Wildman–Crippen LogP) is 1.97. The van der Waals surface area contributed by atoms with Crippen molar-refractivity contribution in [3.8, 4) is 0 Å². The molecule has 0 unspecified atom stereocenters. The molecule has 1 aromatic rings. The van der Waals surface area contributed by atoms with E-state index in [-0.39, 0.29) is 29.2 Å². The van der Waals surface area contributed by atoms with Crippen LogP contribution in [0.3, 0.4) is 0 Å². The molecule has 0 bridgehead atoms. The number of sulfonamides is 1. The van der Waals surface area contributed by atoms with Crippen molar-refractivity contribution >= 4 is 27.5 Å². The molecule has 0 aliphatic carbocycles. The van der Waals surface area contributed by atoms with E-state index in [1.807, 2.05) is 11.8 Å². The Morgan fingerprint density at radius 2 is 1.79 bits per heavy atom. The Kier molecular flexibility index (Phi) is 9.87. The van der Waals surface area contributed by atoms with Crippen molar-refractivity contribution in [2.24, 2.45) is 5.92 Å². The summed E-state index contributed by atoms with van der Waals surface area (Å²) in [5.41, 5.74) is 1.34. The number of aryl methyl sites for hydroxylation is 1. The van der Waals surface area contributed by atoms with Crippen molar-refractivity contribution in [2.75, 3.05) is 58.3 Å². The first-order chi connectivity index (χ1) is 16.3. The van der Waals surface area contributed by atoms with Crippen molar-refractivity contribution < 1.29 is 22.7 Å². The number of carbonyl (C=O) groups excluding carboxylic acids is 2. The van der Waals surface area contributed by atoms with Crippen molar-refractivity contribution in [2.45, 2.75) is 50.3 Å². The lowest BCUT2D eigenvalue weighted by Gasteiger charge is -2.30. The van der Waals surface area contributed by atoms with Crippen LogP contribution in [-0.2, 0) is 24.3 Å². The highest BCUT2D eigenvalue weighted by Crippen LogP contribution is 2.25. The minimum atomic E-state index is -3.56. The summed E-state index contributed by atoms with van der Waals surface area (Å²) in [5, 5.41) is 5.85. The average molecular weight is 495 g/mol. The molecule has 0 spiro atoms. The number of hydrogen-bond acceptors (Lipinski definition) is 6. The molecule has 0 atom stereocenters. The van der Waals surface area contributed by atoms with E-state index in [4.69, 9.17) is 4.74 Å². The van der Waals surface area contributed by atoms with E-state index >= 15 is 0 Å². The van der Waals surface area contributed by atoms with Gasteiger partial charge in [-0.2, -0.15) is 4.31 Å². The van der Waals surface area contributed by atoms with Crippen LogP contribution >= 0.6 is 0 Å². The first-order valence-corrected chi connectivity index (χ1v) is 13.6. The van der Waals surface area contributed by atoms with Gasteiger partial charge in [0.15, 0.2) is 0 Å². The molecule has 2 N–H and O–H groups in total. The van der Waals surface area contributed by atoms with Gasteiger partial charge in [0.05, 0.1) is 11.4 Å². The van der Waals surface area contributed by atoms with Gasteiger partial charge in [-0.15, -0.1) is 0 Å². The Morgan fingerprint density at radius 1 is 1.09 bits per heavy atom. The summed E-state index contributed by atoms with van der Waals surface area (Å²) in [5.74, 6) is -0.138. The molecule has 1 aromatic carbocycles. The molecule has 0 aromatic heterocycles. The van der Waals surface area contributed by atoms with Crippen LogP contribution in [0.15, 0.2) is 23.1 Å². The van der Waals surface area contributed by atoms with E-state index in [0.29, 0.717) is 57.9 Å². The summed E-state index contributed by atoms with van der Waals surface area (Å²) >= 11 is 0. The van der Waals surface area contributed by atoms with Crippen LogP contribution in [-0.4, -0.2) is 82.4 Å². The zero-order valence-corrected chi connectivity index (χ0v) is 21.2. The molecule has 9 nitrogen and oxygen atoms in total. The molecule has 34 heavy (non-hydrogen) atoms. The van der Waals surface area contributed by atoms with Crippen LogP contribution in [0.2, 0.25) is 0 Å². The van der Waals surface area contributed by atoms with Gasteiger partial charge in [0.1, 0.15) is 0 Å². The molecule has 0 saturated carbocycles. The molecular formula is C24H38N4O5S. The van der Waals surface area contributed by atoms with Crippen LogP contribution in [0.25, 0.3) is 0 Å². The number of hydrogen-bond donors (Lipinski definition) is 2. The van der Waals surface area contributed by atoms with Crippen molar-refractivity contribution in [3.63, 3.8) is 0 Å². The molecule has 10 heteroatoms. The van der Waals surface area contributed by atoms with Crippen molar-refractivity contribution in [1.29, 1.82) is 0 Å². The molecular weight excluding hydrogens is 456 g/mol. The number of likely N-dealkylation sites (tertiary alicyclic amines) is 1. The summed E-state index contributed by atoms with van der Waals surface area (Å²) in [6.07, 6.45) is 5.03. The molecule has 2 aliphatic heterocycles. The number of piperidine rings is 2. The molecule has 0 radical (unpaired) electrons. The third-order valence-corrected chi connectivity index (χ3v) is 8.48. The lowest BCUT2D eigenvalue weighted by atomic mass is 9.96. The number of carbonyl (C=O) groups is 2. The maximum absolute atomic E-state index is 13.0. The van der Waals surface area contributed by atoms with E-state index in [1.54, 1.807) is 25.3 Å². The third-order valence-electron chi connectivity index (χ3n) is 6.59. The molecule has 2 fully saturated rings. The number of nitrogens with one attached hydrogen (secondary N) is 2. The van der Waals surface area contributed by atoms with E-state index in [0.717, 1.165) is 31.2 Å². The Bertz CT molecular complexity index is 939. The fourth-order valence-electron chi connectivity index (χ4n) is 4.47. The highest BCUT2D eigenvalue weighted by atomic mass is 32.2. The Balaban J connectivity index is 1.50. The first-order valence-electron chi connectivity index (χ1n) is 12.2. The van der Waals surface area contributed by atoms with Crippen molar-refractivity contribution in [3.05, 3.63) is 23.8 Å². The van der Waals surface area contributed by atoms with Crippen LogP contribution < -0.4 is 10.6 Å². The second-order valence-corrected chi connectivity index (χ2v) is 11.1. The quantitative estimate of drug-likeness (QED) is 0.482. The molecule has 2 saturated heterocycles. The summed E-state index contributed by atoms with van der Waals surface area (Å²) in [4.78, 5) is 27.3. The van der Waals surface area contributed by atoms with Gasteiger partial charge in [-0.3, -0.25) is 14.5 Å². The second kappa shape index (κ2) is 12.6. The SMILES string of the molecule is COCCCNC(=O)C1CCN(CC(=O)Nc2cc(S(=O)(=O)N3CCCCC3)ccc2C)CC1. The first kappa shape index (κ1) is 26.6. The fourth-order valence-corrected chi connectivity index (χ4v) is 6.01. The van der Waals surface area contributed by atoms with Crippen LogP contribution in [0.4, 0.5) is 5.69 Å². The number of methoxy groups -OCH3 is 1. The fraction of sp³-hybridized carbons (Fsp3) is 0.667. The summed E-state index contributed by atoms with van der Waals surface area (Å²) in [6, 6.07) is 4.92. The van der Waals surface area contributed by atoms with Gasteiger partial charge >= 0.3 is 0 Å². The average Bonchev–Trinajstić information content (AvgIpc) is 2.84. The maximum atomic E-state index is 13.0. The van der Waals surface area contributed by atoms with E-state index in [1.165, 1.54) is 4.31 Å². The molecule has 2 heterocycles. The number of anilines is 1. The Hall–Kier alpha value is -2.01. The monoisotopic (exact) mass is 494 g/mol. The molecule has 2 aliphatic rings. The maximum Gasteiger partial charge on any atom is 0.243 e. The van der Waals surface area contributed by atoms with Gasteiger partial charge < -0.3 is 15.4 Å². The zero-order chi connectivity index (χ0) is 24.6. The number of amides is 2. The lowest BCUT2D eigenvalue weighted by Crippen LogP contribution is -2.43. The highest BCUT2D eigenvalue weighted by molar-refractivity contribution is 7.89. The zero-order valence-electron chi connectivity index (χ0n) is 20.3. The van der Waals surface area contributed by atoms with Gasteiger partial charge in [-0.1, -0.05) is 12.5 Å². The topological polar surface area (TPSA) is 108 Å². The van der Waals surface area contributed by atoms with Crippen LogP contribution in [0.1, 0.15) is 44.1 Å². The molecule has 3 rings (SSSR count). The number of benzene rings is 1. The largest absolute Gasteiger partial charge is 0.385 e.